The molecule has 12 heteroatoms. The van der Waals surface area contributed by atoms with Crippen molar-refractivity contribution in [1.82, 2.24) is 24.6 Å². The minimum absolute atomic E-state index is 0.153. The lowest BCUT2D eigenvalue weighted by molar-refractivity contribution is -0.119. The van der Waals surface area contributed by atoms with Gasteiger partial charge < -0.3 is 10.1 Å². The maximum absolute atomic E-state index is 12.8. The molecule has 43 heavy (non-hydrogen) atoms. The number of ketones is 1. The second-order valence-corrected chi connectivity index (χ2v) is 11.8. The van der Waals surface area contributed by atoms with E-state index in [1.165, 1.54) is 7.05 Å². The van der Waals surface area contributed by atoms with E-state index in [2.05, 4.69) is 20.3 Å². The molecule has 2 aliphatic rings. The molecule has 1 saturated carbocycles. The average molecular weight is 620 g/mol. The molecule has 1 aliphatic heterocycles. The quantitative estimate of drug-likeness (QED) is 0.306. The summed E-state index contributed by atoms with van der Waals surface area (Å²) < 4.78 is 6.69. The monoisotopic (exact) mass is 618 g/mol. The average Bonchev–Trinajstić information content (AvgIpc) is 3.37. The van der Waals surface area contributed by atoms with Gasteiger partial charge in [0.25, 0.3) is 11.5 Å². The predicted octanol–water partition coefficient (Wildman–Crippen LogP) is 5.03. The van der Waals surface area contributed by atoms with Crippen molar-refractivity contribution < 1.29 is 14.3 Å². The number of aryl methyl sites for hydroxylation is 1. The molecule has 3 heterocycles. The summed E-state index contributed by atoms with van der Waals surface area (Å²) in [7, 11) is 3.03. The van der Waals surface area contributed by atoms with Crippen LogP contribution in [0.5, 0.6) is 5.88 Å². The number of methoxy groups -OCH3 is 1. The first kappa shape index (κ1) is 29.0. The second-order valence-electron chi connectivity index (χ2n) is 11.1. The molecule has 6 rings (SSSR count). The number of hydrogen-bond donors (Lipinski definition) is 1. The number of nitrogens with one attached hydrogen (secondary N) is 1. The SMILES string of the molecule is COc1nc(-c2cccc(-c3cccc(NC(=O)c4ncnn(C)c4=O)c3Cl)c2Cl)ccc1CN1CC2(CCC(=O)C2)C1. The molecular weight excluding hydrogens is 591 g/mol. The number of hydrogen-bond acceptors (Lipinski definition) is 8. The smallest absolute Gasteiger partial charge is 0.298 e. The maximum atomic E-state index is 12.8. The first-order valence-electron chi connectivity index (χ1n) is 13.7. The van der Waals surface area contributed by atoms with E-state index in [0.29, 0.717) is 64.1 Å². The Hall–Kier alpha value is -4.12. The van der Waals surface area contributed by atoms with Crippen LogP contribution in [0.2, 0.25) is 10.0 Å². The number of ether oxygens (including phenoxy) is 1. The highest BCUT2D eigenvalue weighted by Crippen LogP contribution is 2.45. The van der Waals surface area contributed by atoms with E-state index in [4.69, 9.17) is 32.9 Å². The van der Waals surface area contributed by atoms with E-state index in [-0.39, 0.29) is 16.1 Å². The molecule has 2 aromatic heterocycles. The van der Waals surface area contributed by atoms with Crippen LogP contribution in [0.1, 0.15) is 35.3 Å². The molecule has 0 bridgehead atoms. The van der Waals surface area contributed by atoms with Crippen LogP contribution in [0.25, 0.3) is 22.4 Å². The third-order valence-electron chi connectivity index (χ3n) is 8.09. The first-order valence-corrected chi connectivity index (χ1v) is 14.5. The fourth-order valence-corrected chi connectivity index (χ4v) is 6.57. The van der Waals surface area contributed by atoms with Crippen LogP contribution in [0, 0.1) is 5.41 Å². The fraction of sp³-hybridized carbons (Fsp3) is 0.290. The van der Waals surface area contributed by atoms with Gasteiger partial charge in [-0.1, -0.05) is 59.6 Å². The lowest BCUT2D eigenvalue weighted by atomic mass is 9.78. The predicted molar refractivity (Wildman–Crippen MR) is 163 cm³/mol. The van der Waals surface area contributed by atoms with Gasteiger partial charge in [-0.2, -0.15) is 5.10 Å². The largest absolute Gasteiger partial charge is 0.481 e. The minimum Gasteiger partial charge on any atom is -0.481 e. The third kappa shape index (κ3) is 5.53. The second kappa shape index (κ2) is 11.5. The van der Waals surface area contributed by atoms with Crippen LogP contribution >= 0.6 is 23.2 Å². The van der Waals surface area contributed by atoms with Gasteiger partial charge in [0.1, 0.15) is 12.1 Å². The Morgan fingerprint density at radius 2 is 1.74 bits per heavy atom. The summed E-state index contributed by atoms with van der Waals surface area (Å²) in [5, 5.41) is 7.08. The first-order chi connectivity index (χ1) is 20.7. The van der Waals surface area contributed by atoms with E-state index in [9.17, 15) is 14.4 Å². The number of anilines is 1. The van der Waals surface area contributed by atoms with E-state index in [1.807, 2.05) is 30.3 Å². The number of pyridine rings is 1. The van der Waals surface area contributed by atoms with Crippen LogP contribution in [-0.4, -0.2) is 56.5 Å². The Kier molecular flexibility index (Phi) is 7.76. The normalized spacial score (nSPS) is 15.9. The van der Waals surface area contributed by atoms with Gasteiger partial charge in [0, 0.05) is 67.2 Å². The lowest BCUT2D eigenvalue weighted by Gasteiger charge is -2.48. The van der Waals surface area contributed by atoms with Gasteiger partial charge in [-0.05, 0) is 18.6 Å². The molecule has 1 aliphatic carbocycles. The molecule has 0 atom stereocenters. The molecular formula is C31H28Cl2N6O4. The Labute approximate surface area is 257 Å². The van der Waals surface area contributed by atoms with Crippen molar-refractivity contribution in [2.45, 2.75) is 25.8 Å². The number of carbonyl (C=O) groups is 2. The molecule has 1 saturated heterocycles. The summed E-state index contributed by atoms with van der Waals surface area (Å²) in [5.74, 6) is 0.180. The number of rotatable bonds is 7. The van der Waals surface area contributed by atoms with E-state index < -0.39 is 11.5 Å². The van der Waals surface area contributed by atoms with Crippen LogP contribution < -0.4 is 15.6 Å². The molecule has 220 valence electrons. The van der Waals surface area contributed by atoms with Gasteiger partial charge in [-0.3, -0.25) is 19.3 Å². The Balaban J connectivity index is 1.25. The number of amides is 1. The topological polar surface area (TPSA) is 119 Å². The van der Waals surface area contributed by atoms with Gasteiger partial charge in [-0.15, -0.1) is 0 Å². The third-order valence-corrected chi connectivity index (χ3v) is 8.90. The highest BCUT2D eigenvalue weighted by Gasteiger charge is 2.47. The number of nitrogens with zero attached hydrogens (tertiary/aromatic N) is 5. The molecule has 1 N–H and O–H groups in total. The van der Waals surface area contributed by atoms with Crippen LogP contribution in [0.15, 0.2) is 59.7 Å². The standard InChI is InChI=1S/C31H28Cl2N6O4/c1-38-30(42)27(34-17-35-38)28(41)36-24-8-4-6-21(26(24)33)20-5-3-7-22(25(20)32)23-10-9-18(29(37-23)43-2)14-39-15-31(16-39)12-11-19(40)13-31/h3-10,17H,11-16H2,1-2H3,(H,36,41). The van der Waals surface area contributed by atoms with E-state index >= 15 is 0 Å². The molecule has 0 radical (unpaired) electrons. The molecule has 1 spiro atoms. The van der Waals surface area contributed by atoms with E-state index in [1.54, 1.807) is 25.3 Å². The fourth-order valence-electron chi connectivity index (χ4n) is 5.97. The van der Waals surface area contributed by atoms with Crippen LogP contribution in [0.3, 0.4) is 0 Å². The molecule has 10 nitrogen and oxygen atoms in total. The van der Waals surface area contributed by atoms with Crippen molar-refractivity contribution in [3.63, 3.8) is 0 Å². The number of Topliss-reactive ketones (excluding diaryl/α,β-unsaturated/α-hetero) is 1. The van der Waals surface area contributed by atoms with Crippen molar-refractivity contribution in [1.29, 1.82) is 0 Å². The van der Waals surface area contributed by atoms with Crippen molar-refractivity contribution in [2.75, 3.05) is 25.5 Å². The Morgan fingerprint density at radius 1 is 1.02 bits per heavy atom. The zero-order chi connectivity index (χ0) is 30.3. The van der Waals surface area contributed by atoms with Gasteiger partial charge in [0.15, 0.2) is 5.69 Å². The summed E-state index contributed by atoms with van der Waals surface area (Å²) in [4.78, 5) is 47.8. The van der Waals surface area contributed by atoms with Crippen molar-refractivity contribution in [2.24, 2.45) is 12.5 Å². The van der Waals surface area contributed by atoms with Gasteiger partial charge in [0.05, 0.1) is 28.5 Å². The van der Waals surface area contributed by atoms with Crippen molar-refractivity contribution in [3.05, 3.63) is 86.5 Å². The van der Waals surface area contributed by atoms with Crippen molar-refractivity contribution in [3.8, 4) is 28.3 Å². The molecule has 4 aromatic rings. The lowest BCUT2D eigenvalue weighted by Crippen LogP contribution is -2.54. The molecule has 2 aromatic carbocycles. The van der Waals surface area contributed by atoms with Crippen molar-refractivity contribution >= 4 is 40.6 Å². The highest BCUT2D eigenvalue weighted by atomic mass is 35.5. The highest BCUT2D eigenvalue weighted by molar-refractivity contribution is 6.39. The van der Waals surface area contributed by atoms with Crippen LogP contribution in [-0.2, 0) is 18.4 Å². The Morgan fingerprint density at radius 3 is 2.47 bits per heavy atom. The van der Waals surface area contributed by atoms with Gasteiger partial charge in [0.2, 0.25) is 5.88 Å². The summed E-state index contributed by atoms with van der Waals surface area (Å²) in [6.45, 7) is 2.51. The molecule has 2 fully saturated rings. The van der Waals surface area contributed by atoms with E-state index in [0.717, 1.165) is 36.1 Å². The van der Waals surface area contributed by atoms with Gasteiger partial charge >= 0.3 is 0 Å². The van der Waals surface area contributed by atoms with Crippen LogP contribution in [0.4, 0.5) is 5.69 Å². The molecule has 1 amide bonds. The summed E-state index contributed by atoms with van der Waals surface area (Å²) in [6, 6.07) is 14.6. The summed E-state index contributed by atoms with van der Waals surface area (Å²) in [5.41, 5.74) is 3.02. The van der Waals surface area contributed by atoms with Gasteiger partial charge in [-0.25, -0.2) is 14.6 Å². The number of halogens is 2. The summed E-state index contributed by atoms with van der Waals surface area (Å²) in [6.07, 6.45) is 3.50. The number of aromatic nitrogens is 4. The number of benzene rings is 2. The zero-order valence-corrected chi connectivity index (χ0v) is 25.1. The maximum Gasteiger partial charge on any atom is 0.298 e. The zero-order valence-electron chi connectivity index (χ0n) is 23.6. The minimum atomic E-state index is -0.705. The number of carbonyl (C=O) groups excluding carboxylic acids is 2. The number of likely N-dealkylation sites (tertiary alicyclic amines) is 1. The molecule has 0 unspecified atom stereocenters. The Bertz CT molecular complexity index is 1820. The summed E-state index contributed by atoms with van der Waals surface area (Å²) >= 11 is 13.7.